The van der Waals surface area contributed by atoms with Gasteiger partial charge in [0.2, 0.25) is 0 Å². The van der Waals surface area contributed by atoms with Gasteiger partial charge < -0.3 is 4.74 Å². The van der Waals surface area contributed by atoms with Crippen molar-refractivity contribution >= 4 is 17.5 Å². The van der Waals surface area contributed by atoms with Crippen LogP contribution in [0.3, 0.4) is 0 Å². The molecule has 0 saturated heterocycles. The minimum Gasteiger partial charge on any atom is -0.489 e. The monoisotopic (exact) mass is 328 g/mol. The van der Waals surface area contributed by atoms with Crippen molar-refractivity contribution in [2.45, 2.75) is 39.6 Å². The van der Waals surface area contributed by atoms with Crippen LogP contribution in [0, 0.1) is 13.8 Å². The average molecular weight is 328 g/mol. The molecule has 0 atom stereocenters. The Morgan fingerprint density at radius 1 is 1.09 bits per heavy atom. The molecule has 0 aliphatic rings. The third-order valence-electron chi connectivity index (χ3n) is 3.56. The molecule has 0 spiro atoms. The Kier molecular flexibility index (Phi) is 6.28. The van der Waals surface area contributed by atoms with Crippen LogP contribution in [-0.2, 0) is 6.61 Å². The fourth-order valence-corrected chi connectivity index (χ4v) is 2.81. The first-order chi connectivity index (χ1) is 11.0. The number of hydrogen-bond acceptors (Lipinski definition) is 3. The van der Waals surface area contributed by atoms with Crippen molar-refractivity contribution < 1.29 is 9.53 Å². The zero-order chi connectivity index (χ0) is 16.8. The van der Waals surface area contributed by atoms with Crippen molar-refractivity contribution in [1.82, 2.24) is 0 Å². The summed E-state index contributed by atoms with van der Waals surface area (Å²) in [4.78, 5) is 12.2. The molecule has 0 N–H and O–H groups in total. The summed E-state index contributed by atoms with van der Waals surface area (Å²) < 4.78 is 5.88. The van der Waals surface area contributed by atoms with Gasteiger partial charge in [0.05, 0.1) is 5.75 Å². The Bertz CT molecular complexity index is 660. The summed E-state index contributed by atoms with van der Waals surface area (Å²) in [5.41, 5.74) is 4.14. The van der Waals surface area contributed by atoms with Crippen molar-refractivity contribution in [3.63, 3.8) is 0 Å². The number of thioether (sulfide) groups is 1. The van der Waals surface area contributed by atoms with Crippen LogP contribution in [0.4, 0.5) is 0 Å². The lowest BCUT2D eigenvalue weighted by Crippen LogP contribution is -2.06. The Hall–Kier alpha value is -1.74. The molecule has 2 aromatic rings. The number of aryl methyl sites for hydroxylation is 2. The van der Waals surface area contributed by atoms with Gasteiger partial charge >= 0.3 is 0 Å². The highest BCUT2D eigenvalue weighted by molar-refractivity contribution is 8.00. The minimum atomic E-state index is 0.178. The number of carbonyl (C=O) groups is 1. The lowest BCUT2D eigenvalue weighted by Gasteiger charge is -2.11. The van der Waals surface area contributed by atoms with Gasteiger partial charge in [-0.15, -0.1) is 0 Å². The summed E-state index contributed by atoms with van der Waals surface area (Å²) in [7, 11) is 0. The maximum Gasteiger partial charge on any atom is 0.172 e. The van der Waals surface area contributed by atoms with E-state index < -0.39 is 0 Å². The number of Topliss-reactive ketones (excluding diaryl/α,β-unsaturated/α-hetero) is 1. The molecule has 0 bridgehead atoms. The van der Waals surface area contributed by atoms with Crippen LogP contribution < -0.4 is 4.74 Å². The van der Waals surface area contributed by atoms with E-state index in [-0.39, 0.29) is 5.78 Å². The Morgan fingerprint density at radius 2 is 1.78 bits per heavy atom. The van der Waals surface area contributed by atoms with E-state index in [1.165, 1.54) is 5.56 Å². The molecule has 0 aliphatic heterocycles. The number of carbonyl (C=O) groups excluding carboxylic acids is 1. The first-order valence-electron chi connectivity index (χ1n) is 7.89. The predicted molar refractivity (Wildman–Crippen MR) is 98.6 cm³/mol. The van der Waals surface area contributed by atoms with Crippen LogP contribution in [0.5, 0.6) is 5.75 Å². The largest absolute Gasteiger partial charge is 0.489 e. The summed E-state index contributed by atoms with van der Waals surface area (Å²) in [5.74, 6) is 1.54. The zero-order valence-corrected chi connectivity index (χ0v) is 15.1. The van der Waals surface area contributed by atoms with Gasteiger partial charge in [-0.05, 0) is 48.4 Å². The summed E-state index contributed by atoms with van der Waals surface area (Å²) in [5, 5.41) is 0.470. The highest BCUT2D eigenvalue weighted by Gasteiger charge is 2.10. The molecule has 2 rings (SSSR count). The SMILES string of the molecule is Cc1ccc(COc2ccc(C(=O)CSC(C)C)cc2C)cc1. The van der Waals surface area contributed by atoms with Gasteiger partial charge in [-0.1, -0.05) is 43.7 Å². The van der Waals surface area contributed by atoms with E-state index in [4.69, 9.17) is 4.74 Å². The standard InChI is InChI=1S/C20H24O2S/c1-14(2)23-13-19(21)18-9-10-20(16(4)11-18)22-12-17-7-5-15(3)6-8-17/h5-11,14H,12-13H2,1-4H3. The molecule has 0 radical (unpaired) electrons. The second kappa shape index (κ2) is 8.21. The van der Waals surface area contributed by atoms with Crippen LogP contribution in [0.25, 0.3) is 0 Å². The Labute approximate surface area is 143 Å². The van der Waals surface area contributed by atoms with Crippen molar-refractivity contribution in [3.8, 4) is 5.75 Å². The average Bonchev–Trinajstić information content (AvgIpc) is 2.53. The Morgan fingerprint density at radius 3 is 2.39 bits per heavy atom. The van der Waals surface area contributed by atoms with Gasteiger partial charge in [0.1, 0.15) is 12.4 Å². The number of ether oxygens (including phenoxy) is 1. The van der Waals surface area contributed by atoms with E-state index in [2.05, 4.69) is 45.0 Å². The van der Waals surface area contributed by atoms with E-state index >= 15 is 0 Å². The smallest absolute Gasteiger partial charge is 0.172 e. The molecule has 0 aliphatic carbocycles. The molecular formula is C20H24O2S. The van der Waals surface area contributed by atoms with Gasteiger partial charge in [0, 0.05) is 5.56 Å². The first-order valence-corrected chi connectivity index (χ1v) is 8.94. The summed E-state index contributed by atoms with van der Waals surface area (Å²) in [6, 6.07) is 14.0. The van der Waals surface area contributed by atoms with Crippen LogP contribution in [-0.4, -0.2) is 16.8 Å². The van der Waals surface area contributed by atoms with Gasteiger partial charge in [0.15, 0.2) is 5.78 Å². The second-order valence-corrected chi connectivity index (χ2v) is 7.60. The van der Waals surface area contributed by atoms with Gasteiger partial charge in [-0.2, -0.15) is 11.8 Å². The fourth-order valence-electron chi connectivity index (χ4n) is 2.16. The number of benzene rings is 2. The number of rotatable bonds is 7. The maximum absolute atomic E-state index is 12.2. The van der Waals surface area contributed by atoms with Gasteiger partial charge in [-0.25, -0.2) is 0 Å². The first kappa shape index (κ1) is 17.6. The highest BCUT2D eigenvalue weighted by atomic mass is 32.2. The number of ketones is 1. The molecule has 2 nitrogen and oxygen atoms in total. The topological polar surface area (TPSA) is 26.3 Å². The molecular weight excluding hydrogens is 304 g/mol. The molecule has 23 heavy (non-hydrogen) atoms. The van der Waals surface area contributed by atoms with E-state index in [9.17, 15) is 4.79 Å². The highest BCUT2D eigenvalue weighted by Crippen LogP contribution is 2.22. The molecule has 0 aromatic heterocycles. The lowest BCUT2D eigenvalue weighted by molar-refractivity contribution is 0.102. The van der Waals surface area contributed by atoms with Gasteiger partial charge in [-0.3, -0.25) is 4.79 Å². The molecule has 0 unspecified atom stereocenters. The van der Waals surface area contributed by atoms with Crippen LogP contribution in [0.1, 0.15) is 40.9 Å². The molecule has 2 aromatic carbocycles. The predicted octanol–water partition coefficient (Wildman–Crippen LogP) is 5.21. The lowest BCUT2D eigenvalue weighted by atomic mass is 10.1. The normalized spacial score (nSPS) is 10.8. The van der Waals surface area contributed by atoms with Crippen LogP contribution in [0.2, 0.25) is 0 Å². The quantitative estimate of drug-likeness (QED) is 0.653. The molecule has 3 heteroatoms. The second-order valence-electron chi connectivity index (χ2n) is 6.04. The number of hydrogen-bond donors (Lipinski definition) is 0. The molecule has 0 amide bonds. The van der Waals surface area contributed by atoms with Crippen LogP contribution >= 0.6 is 11.8 Å². The molecule has 0 saturated carbocycles. The minimum absolute atomic E-state index is 0.178. The zero-order valence-electron chi connectivity index (χ0n) is 14.3. The molecule has 122 valence electrons. The van der Waals surface area contributed by atoms with Crippen molar-refractivity contribution in [2.75, 3.05) is 5.75 Å². The van der Waals surface area contributed by atoms with E-state index in [1.807, 2.05) is 25.1 Å². The van der Waals surface area contributed by atoms with Crippen molar-refractivity contribution in [3.05, 3.63) is 64.7 Å². The summed E-state index contributed by atoms with van der Waals surface area (Å²) in [6.45, 7) is 8.80. The van der Waals surface area contributed by atoms with E-state index in [0.717, 1.165) is 22.4 Å². The molecule has 0 heterocycles. The fraction of sp³-hybridized carbons (Fsp3) is 0.350. The van der Waals surface area contributed by atoms with Crippen molar-refractivity contribution in [1.29, 1.82) is 0 Å². The van der Waals surface area contributed by atoms with Crippen molar-refractivity contribution in [2.24, 2.45) is 0 Å². The third kappa shape index (κ3) is 5.43. The van der Waals surface area contributed by atoms with E-state index in [0.29, 0.717) is 17.6 Å². The van der Waals surface area contributed by atoms with Crippen LogP contribution in [0.15, 0.2) is 42.5 Å². The van der Waals surface area contributed by atoms with E-state index in [1.54, 1.807) is 11.8 Å². The molecule has 0 fully saturated rings. The van der Waals surface area contributed by atoms with Gasteiger partial charge in [0.25, 0.3) is 0 Å². The summed E-state index contributed by atoms with van der Waals surface area (Å²) in [6.07, 6.45) is 0. The maximum atomic E-state index is 12.2. The summed E-state index contributed by atoms with van der Waals surface area (Å²) >= 11 is 1.67. The Balaban J connectivity index is 1.98. The third-order valence-corrected chi connectivity index (χ3v) is 4.66.